The van der Waals surface area contributed by atoms with E-state index in [0.29, 0.717) is 17.3 Å². The van der Waals surface area contributed by atoms with Crippen molar-refractivity contribution in [1.29, 1.82) is 0 Å². The summed E-state index contributed by atoms with van der Waals surface area (Å²) in [5, 5.41) is 20.5. The molecule has 1 aromatic carbocycles. The minimum Gasteiger partial charge on any atom is -0.480 e. The Morgan fingerprint density at radius 1 is 1.47 bits per heavy atom. The number of aromatic nitrogens is 4. The second-order valence-electron chi connectivity index (χ2n) is 3.44. The zero-order valence-corrected chi connectivity index (χ0v) is 9.50. The monoisotopic (exact) mass is 252 g/mol. The predicted octanol–water partition coefficient (Wildman–Crippen LogP) is 1.00. The first-order chi connectivity index (χ1) is 8.13. The summed E-state index contributed by atoms with van der Waals surface area (Å²) in [5.41, 5.74) is 0.951. The average molecular weight is 253 g/mol. The molecule has 0 unspecified atom stereocenters. The quantitative estimate of drug-likeness (QED) is 0.878. The average Bonchev–Trinajstić information content (AvgIpc) is 2.64. The summed E-state index contributed by atoms with van der Waals surface area (Å²) in [6.45, 7) is -0.289. The van der Waals surface area contributed by atoms with Gasteiger partial charge in [0, 0.05) is 11.4 Å². The Morgan fingerprint density at radius 2 is 2.29 bits per heavy atom. The number of aliphatic carboxylic acids is 1. The summed E-state index contributed by atoms with van der Waals surface area (Å²) < 4.78 is 0. The van der Waals surface area contributed by atoms with Crippen LogP contribution < -0.4 is 0 Å². The van der Waals surface area contributed by atoms with Gasteiger partial charge in [-0.15, -0.1) is 10.2 Å². The van der Waals surface area contributed by atoms with Crippen molar-refractivity contribution in [2.75, 3.05) is 0 Å². The smallest absolute Gasteiger partial charge is 0.327 e. The molecule has 0 bridgehead atoms. The predicted molar refractivity (Wildman–Crippen MR) is 59.7 cm³/mol. The lowest BCUT2D eigenvalue weighted by molar-refractivity contribution is -0.138. The van der Waals surface area contributed by atoms with Crippen LogP contribution in [0.5, 0.6) is 0 Å². The summed E-state index contributed by atoms with van der Waals surface area (Å²) >= 11 is 5.85. The topological polar surface area (TPSA) is 80.9 Å². The van der Waals surface area contributed by atoms with E-state index in [-0.39, 0.29) is 6.54 Å². The highest BCUT2D eigenvalue weighted by atomic mass is 35.5. The Bertz CT molecular complexity index is 541. The van der Waals surface area contributed by atoms with Gasteiger partial charge in [0.15, 0.2) is 12.4 Å². The van der Waals surface area contributed by atoms with Crippen LogP contribution in [0.3, 0.4) is 0 Å². The molecule has 7 heteroatoms. The first kappa shape index (κ1) is 11.5. The highest BCUT2D eigenvalue weighted by Gasteiger charge is 2.06. The van der Waals surface area contributed by atoms with E-state index in [1.54, 1.807) is 12.1 Å². The van der Waals surface area contributed by atoms with Crippen molar-refractivity contribution < 1.29 is 9.90 Å². The lowest BCUT2D eigenvalue weighted by atomic mass is 10.1. The summed E-state index contributed by atoms with van der Waals surface area (Å²) in [6.07, 6.45) is 0.472. The fourth-order valence-corrected chi connectivity index (χ4v) is 1.58. The Morgan fingerprint density at radius 3 is 3.00 bits per heavy atom. The molecule has 0 spiro atoms. The molecule has 2 rings (SSSR count). The Kier molecular flexibility index (Phi) is 3.34. The van der Waals surface area contributed by atoms with Gasteiger partial charge in [0.1, 0.15) is 0 Å². The van der Waals surface area contributed by atoms with Crippen molar-refractivity contribution in [2.24, 2.45) is 0 Å². The molecule has 0 aliphatic rings. The van der Waals surface area contributed by atoms with E-state index in [9.17, 15) is 4.79 Å². The second kappa shape index (κ2) is 4.92. The van der Waals surface area contributed by atoms with Crippen molar-refractivity contribution in [3.05, 3.63) is 40.7 Å². The van der Waals surface area contributed by atoms with E-state index in [1.165, 1.54) is 0 Å². The number of carboxylic acid groups (broad SMARTS) is 1. The van der Waals surface area contributed by atoms with Gasteiger partial charge >= 0.3 is 5.97 Å². The van der Waals surface area contributed by atoms with E-state index in [0.717, 1.165) is 10.4 Å². The third-order valence-corrected chi connectivity index (χ3v) is 2.26. The summed E-state index contributed by atoms with van der Waals surface area (Å²) in [4.78, 5) is 11.5. The van der Waals surface area contributed by atoms with Crippen molar-refractivity contribution >= 4 is 17.6 Å². The number of rotatable bonds is 4. The highest BCUT2D eigenvalue weighted by Crippen LogP contribution is 2.12. The first-order valence-corrected chi connectivity index (χ1v) is 5.24. The molecule has 1 aromatic heterocycles. The van der Waals surface area contributed by atoms with Gasteiger partial charge in [-0.1, -0.05) is 23.7 Å². The highest BCUT2D eigenvalue weighted by molar-refractivity contribution is 6.30. The second-order valence-corrected chi connectivity index (χ2v) is 3.87. The number of nitrogens with zero attached hydrogens (tertiary/aromatic N) is 4. The van der Waals surface area contributed by atoms with Crippen molar-refractivity contribution in [3.63, 3.8) is 0 Å². The molecular formula is C10H9ClN4O2. The lowest BCUT2D eigenvalue weighted by Crippen LogP contribution is -2.11. The number of carboxylic acids is 1. The number of hydrogen-bond acceptors (Lipinski definition) is 4. The van der Waals surface area contributed by atoms with Gasteiger partial charge in [0.05, 0.1) is 0 Å². The van der Waals surface area contributed by atoms with Gasteiger partial charge < -0.3 is 5.11 Å². The zero-order valence-electron chi connectivity index (χ0n) is 8.75. The normalized spacial score (nSPS) is 10.4. The fourth-order valence-electron chi connectivity index (χ4n) is 1.36. The molecule has 0 saturated heterocycles. The zero-order chi connectivity index (χ0) is 12.3. The molecule has 0 amide bonds. The van der Waals surface area contributed by atoms with Gasteiger partial charge in [-0.2, -0.15) is 4.80 Å². The van der Waals surface area contributed by atoms with Crippen LogP contribution in [0.15, 0.2) is 24.3 Å². The number of carbonyl (C=O) groups is 1. The minimum atomic E-state index is -1.00. The Balaban J connectivity index is 2.08. The first-order valence-electron chi connectivity index (χ1n) is 4.86. The Hall–Kier alpha value is -1.95. The van der Waals surface area contributed by atoms with Crippen molar-refractivity contribution in [3.8, 4) is 0 Å². The van der Waals surface area contributed by atoms with E-state index < -0.39 is 5.97 Å². The molecular weight excluding hydrogens is 244 g/mol. The van der Waals surface area contributed by atoms with Crippen LogP contribution in [-0.2, 0) is 17.8 Å². The van der Waals surface area contributed by atoms with Crippen LogP contribution in [0, 0.1) is 0 Å². The van der Waals surface area contributed by atoms with Crippen LogP contribution in [0.1, 0.15) is 11.4 Å². The van der Waals surface area contributed by atoms with Crippen LogP contribution in [0.25, 0.3) is 0 Å². The third kappa shape index (κ3) is 3.25. The maximum absolute atomic E-state index is 10.4. The molecule has 1 heterocycles. The van der Waals surface area contributed by atoms with Crippen LogP contribution in [-0.4, -0.2) is 31.3 Å². The van der Waals surface area contributed by atoms with E-state index >= 15 is 0 Å². The molecule has 0 aliphatic heterocycles. The summed E-state index contributed by atoms with van der Waals surface area (Å²) in [7, 11) is 0. The van der Waals surface area contributed by atoms with Crippen molar-refractivity contribution in [1.82, 2.24) is 20.2 Å². The van der Waals surface area contributed by atoms with E-state index in [2.05, 4.69) is 15.4 Å². The van der Waals surface area contributed by atoms with Crippen LogP contribution >= 0.6 is 11.6 Å². The number of tetrazole rings is 1. The van der Waals surface area contributed by atoms with Crippen LogP contribution in [0.2, 0.25) is 5.02 Å². The number of hydrogen-bond donors (Lipinski definition) is 1. The third-order valence-electron chi connectivity index (χ3n) is 2.02. The van der Waals surface area contributed by atoms with Gasteiger partial charge in [-0.05, 0) is 22.9 Å². The number of benzene rings is 1. The molecule has 0 fully saturated rings. The maximum Gasteiger partial charge on any atom is 0.327 e. The molecule has 17 heavy (non-hydrogen) atoms. The lowest BCUT2D eigenvalue weighted by Gasteiger charge is -1.96. The summed E-state index contributed by atoms with van der Waals surface area (Å²) in [5.74, 6) is -0.537. The molecule has 0 aliphatic carbocycles. The Labute approximate surface area is 102 Å². The van der Waals surface area contributed by atoms with Gasteiger partial charge in [0.25, 0.3) is 0 Å². The summed E-state index contributed by atoms with van der Waals surface area (Å²) in [6, 6.07) is 7.31. The molecule has 0 radical (unpaired) electrons. The molecule has 88 valence electrons. The number of halogens is 1. The maximum atomic E-state index is 10.4. The van der Waals surface area contributed by atoms with E-state index in [1.807, 2.05) is 12.1 Å². The van der Waals surface area contributed by atoms with Crippen LogP contribution in [0.4, 0.5) is 0 Å². The molecule has 2 aromatic rings. The van der Waals surface area contributed by atoms with Gasteiger partial charge in [-0.25, -0.2) is 0 Å². The molecule has 0 saturated carbocycles. The minimum absolute atomic E-state index is 0.289. The van der Waals surface area contributed by atoms with Crippen molar-refractivity contribution in [2.45, 2.75) is 13.0 Å². The molecule has 6 nitrogen and oxygen atoms in total. The fraction of sp³-hybridized carbons (Fsp3) is 0.200. The SMILES string of the molecule is O=C(O)Cn1nnc(Cc2cccc(Cl)c2)n1. The molecule has 1 N–H and O–H groups in total. The standard InChI is InChI=1S/C10H9ClN4O2/c11-8-3-1-2-7(4-8)5-9-12-14-15(13-9)6-10(16)17/h1-4H,5-6H2,(H,16,17). The largest absolute Gasteiger partial charge is 0.480 e. The van der Waals surface area contributed by atoms with E-state index in [4.69, 9.17) is 16.7 Å². The van der Waals surface area contributed by atoms with Gasteiger partial charge in [-0.3, -0.25) is 4.79 Å². The van der Waals surface area contributed by atoms with Gasteiger partial charge in [0.2, 0.25) is 0 Å². The molecule has 0 atom stereocenters.